The number of halogens is 1. The molecule has 15 heavy (non-hydrogen) atoms. The summed E-state index contributed by atoms with van der Waals surface area (Å²) >= 11 is 6.01. The summed E-state index contributed by atoms with van der Waals surface area (Å²) in [7, 11) is 1.61. The van der Waals surface area contributed by atoms with Crippen LogP contribution in [0.3, 0.4) is 0 Å². The van der Waals surface area contributed by atoms with Crippen molar-refractivity contribution in [1.29, 1.82) is 0 Å². The van der Waals surface area contributed by atoms with Crippen LogP contribution in [0.4, 0.5) is 5.69 Å². The van der Waals surface area contributed by atoms with E-state index in [0.29, 0.717) is 10.8 Å². The number of rotatable bonds is 2. The highest BCUT2D eigenvalue weighted by Gasteiger charge is 2.11. The number of anilines is 1. The number of hydrogen-bond acceptors (Lipinski definition) is 3. The number of aliphatic imine (C=N–C) groups is 1. The number of nitrogens with zero attached hydrogens (tertiary/aromatic N) is 1. The standard InChI is InChI=1S/C11H13ClN2O/c1-15-11-8(12)4-2-5-9(11)14-10-6-3-7-13-10/h2,4-5H,3,6-7H2,1H3,(H,13,14). The lowest BCUT2D eigenvalue weighted by molar-refractivity contribution is 0.417. The van der Waals surface area contributed by atoms with Crippen LogP contribution >= 0.6 is 11.6 Å². The number of ether oxygens (including phenoxy) is 1. The van der Waals surface area contributed by atoms with Crippen LogP contribution in [0.5, 0.6) is 5.75 Å². The third-order valence-electron chi connectivity index (χ3n) is 2.32. The maximum absolute atomic E-state index is 6.01. The summed E-state index contributed by atoms with van der Waals surface area (Å²) in [4.78, 5) is 4.34. The normalized spacial score (nSPS) is 14.9. The van der Waals surface area contributed by atoms with Crippen LogP contribution in [-0.2, 0) is 0 Å². The van der Waals surface area contributed by atoms with E-state index < -0.39 is 0 Å². The molecule has 1 aromatic carbocycles. The lowest BCUT2D eigenvalue weighted by Crippen LogP contribution is -2.09. The molecule has 4 heteroatoms. The van der Waals surface area contributed by atoms with E-state index >= 15 is 0 Å². The van der Waals surface area contributed by atoms with Crippen LogP contribution in [-0.4, -0.2) is 19.5 Å². The SMILES string of the molecule is COc1c(Cl)cccc1NC1=NCCC1. The average Bonchev–Trinajstić information content (AvgIpc) is 2.71. The van der Waals surface area contributed by atoms with Gasteiger partial charge in [-0.15, -0.1) is 0 Å². The minimum absolute atomic E-state index is 0.612. The summed E-state index contributed by atoms with van der Waals surface area (Å²) in [6, 6.07) is 5.64. The monoisotopic (exact) mass is 224 g/mol. The molecule has 1 aromatic rings. The van der Waals surface area contributed by atoms with E-state index in [4.69, 9.17) is 16.3 Å². The van der Waals surface area contributed by atoms with Crippen molar-refractivity contribution in [1.82, 2.24) is 0 Å². The molecule has 0 fully saturated rings. The number of hydrogen-bond donors (Lipinski definition) is 1. The second kappa shape index (κ2) is 4.53. The first-order valence-electron chi connectivity index (χ1n) is 4.94. The number of amidine groups is 1. The highest BCUT2D eigenvalue weighted by atomic mass is 35.5. The summed E-state index contributed by atoms with van der Waals surface area (Å²) in [6.45, 7) is 0.908. The quantitative estimate of drug-likeness (QED) is 0.838. The van der Waals surface area contributed by atoms with E-state index in [1.807, 2.05) is 18.2 Å². The summed E-state index contributed by atoms with van der Waals surface area (Å²) in [6.07, 6.45) is 2.11. The fourth-order valence-corrected chi connectivity index (χ4v) is 1.86. The smallest absolute Gasteiger partial charge is 0.160 e. The molecule has 0 spiro atoms. The molecule has 2 rings (SSSR count). The highest BCUT2D eigenvalue weighted by molar-refractivity contribution is 6.32. The third-order valence-corrected chi connectivity index (χ3v) is 2.62. The van der Waals surface area contributed by atoms with Crippen LogP contribution < -0.4 is 10.1 Å². The number of benzene rings is 1. The van der Waals surface area contributed by atoms with E-state index in [0.717, 1.165) is 30.9 Å². The van der Waals surface area contributed by atoms with Gasteiger partial charge < -0.3 is 10.1 Å². The lowest BCUT2D eigenvalue weighted by Gasteiger charge is -2.11. The summed E-state index contributed by atoms with van der Waals surface area (Å²) < 4.78 is 5.24. The van der Waals surface area contributed by atoms with Crippen molar-refractivity contribution < 1.29 is 4.74 Å². The Hall–Kier alpha value is -1.22. The van der Waals surface area contributed by atoms with Crippen molar-refractivity contribution in [3.05, 3.63) is 23.2 Å². The van der Waals surface area contributed by atoms with Gasteiger partial charge in [0.1, 0.15) is 5.84 Å². The molecule has 80 valence electrons. The zero-order chi connectivity index (χ0) is 10.7. The van der Waals surface area contributed by atoms with Gasteiger partial charge in [0.25, 0.3) is 0 Å². The predicted molar refractivity (Wildman–Crippen MR) is 63.2 cm³/mol. The third kappa shape index (κ3) is 2.23. The second-order valence-electron chi connectivity index (χ2n) is 3.38. The van der Waals surface area contributed by atoms with Gasteiger partial charge in [-0.25, -0.2) is 0 Å². The fraction of sp³-hybridized carbons (Fsp3) is 0.364. The van der Waals surface area contributed by atoms with E-state index in [2.05, 4.69) is 10.3 Å². The Labute approximate surface area is 94.1 Å². The zero-order valence-corrected chi connectivity index (χ0v) is 9.34. The molecule has 0 atom stereocenters. The Balaban J connectivity index is 2.23. The van der Waals surface area contributed by atoms with Gasteiger partial charge in [-0.3, -0.25) is 4.99 Å². The summed E-state index contributed by atoms with van der Waals surface area (Å²) in [5.41, 5.74) is 0.880. The minimum atomic E-state index is 0.612. The summed E-state index contributed by atoms with van der Waals surface area (Å²) in [5, 5.41) is 3.85. The van der Waals surface area contributed by atoms with Crippen molar-refractivity contribution in [3.8, 4) is 5.75 Å². The van der Waals surface area contributed by atoms with Crippen LogP contribution in [0.15, 0.2) is 23.2 Å². The molecule has 3 nitrogen and oxygen atoms in total. The molecule has 0 saturated carbocycles. The molecular weight excluding hydrogens is 212 g/mol. The maximum Gasteiger partial charge on any atom is 0.160 e. The molecule has 0 radical (unpaired) electrons. The number of para-hydroxylation sites is 1. The van der Waals surface area contributed by atoms with Gasteiger partial charge in [-0.05, 0) is 18.6 Å². The molecule has 0 saturated heterocycles. The van der Waals surface area contributed by atoms with Crippen molar-refractivity contribution >= 4 is 23.1 Å². The van der Waals surface area contributed by atoms with Crippen molar-refractivity contribution in [3.63, 3.8) is 0 Å². The molecule has 1 aliphatic heterocycles. The molecule has 1 aliphatic rings. The highest BCUT2D eigenvalue weighted by Crippen LogP contribution is 2.32. The zero-order valence-electron chi connectivity index (χ0n) is 8.59. The van der Waals surface area contributed by atoms with Gasteiger partial charge >= 0.3 is 0 Å². The van der Waals surface area contributed by atoms with Gasteiger partial charge in [0.05, 0.1) is 17.8 Å². The Morgan fingerprint density at radius 1 is 1.47 bits per heavy atom. The van der Waals surface area contributed by atoms with Gasteiger partial charge in [0.15, 0.2) is 5.75 Å². The molecule has 0 aromatic heterocycles. The molecule has 0 amide bonds. The van der Waals surface area contributed by atoms with E-state index in [1.54, 1.807) is 7.11 Å². The van der Waals surface area contributed by atoms with Crippen molar-refractivity contribution in [2.45, 2.75) is 12.8 Å². The van der Waals surface area contributed by atoms with Crippen molar-refractivity contribution in [2.75, 3.05) is 19.0 Å². The molecule has 1 N–H and O–H groups in total. The largest absolute Gasteiger partial charge is 0.493 e. The number of methoxy groups -OCH3 is 1. The van der Waals surface area contributed by atoms with Crippen LogP contribution in [0.25, 0.3) is 0 Å². The Morgan fingerprint density at radius 2 is 2.33 bits per heavy atom. The molecule has 1 heterocycles. The first-order valence-corrected chi connectivity index (χ1v) is 5.32. The van der Waals surface area contributed by atoms with Crippen LogP contribution in [0.2, 0.25) is 5.02 Å². The van der Waals surface area contributed by atoms with Gasteiger partial charge in [0, 0.05) is 13.0 Å². The predicted octanol–water partition coefficient (Wildman–Crippen LogP) is 2.95. The first-order chi connectivity index (χ1) is 7.31. The van der Waals surface area contributed by atoms with Gasteiger partial charge in [-0.1, -0.05) is 17.7 Å². The summed E-state index contributed by atoms with van der Waals surface area (Å²) in [5.74, 6) is 1.68. The van der Waals surface area contributed by atoms with Crippen molar-refractivity contribution in [2.24, 2.45) is 4.99 Å². The van der Waals surface area contributed by atoms with E-state index in [1.165, 1.54) is 0 Å². The van der Waals surface area contributed by atoms with Crippen LogP contribution in [0.1, 0.15) is 12.8 Å². The Bertz CT molecular complexity index is 390. The molecule has 0 bridgehead atoms. The Kier molecular flexibility index (Phi) is 3.11. The molecule has 0 unspecified atom stereocenters. The van der Waals surface area contributed by atoms with Crippen LogP contribution in [0, 0.1) is 0 Å². The topological polar surface area (TPSA) is 33.6 Å². The van der Waals surface area contributed by atoms with Gasteiger partial charge in [-0.2, -0.15) is 0 Å². The first kappa shape index (κ1) is 10.3. The molecular formula is C11H13ClN2O. The minimum Gasteiger partial charge on any atom is -0.493 e. The Morgan fingerprint density at radius 3 is 3.00 bits per heavy atom. The van der Waals surface area contributed by atoms with E-state index in [9.17, 15) is 0 Å². The second-order valence-corrected chi connectivity index (χ2v) is 3.78. The maximum atomic E-state index is 6.01. The van der Waals surface area contributed by atoms with Gasteiger partial charge in [0.2, 0.25) is 0 Å². The van der Waals surface area contributed by atoms with E-state index in [-0.39, 0.29) is 0 Å². The molecule has 0 aliphatic carbocycles. The fourth-order valence-electron chi connectivity index (χ4n) is 1.61. The number of nitrogens with one attached hydrogen (secondary N) is 1. The lowest BCUT2D eigenvalue weighted by atomic mass is 10.2. The average molecular weight is 225 g/mol.